The number of nitrogens with one attached hydrogen (secondary N) is 1. The predicted octanol–water partition coefficient (Wildman–Crippen LogP) is 8.29. The largest absolute Gasteiger partial charge is 0.744 e. The second kappa shape index (κ2) is 28.6. The highest BCUT2D eigenvalue weighted by Gasteiger charge is 2.46. The maximum Gasteiger partial charge on any atom is 0.488 e. The number of unbranched alkanes of at least 4 members (excludes halogenated alkanes) is 2. The number of likely N-dealkylation sites (N-methyl/N-ethyl adjacent to an activating group) is 1. The van der Waals surface area contributed by atoms with Crippen molar-refractivity contribution in [3.63, 3.8) is 0 Å². The van der Waals surface area contributed by atoms with Gasteiger partial charge in [-0.2, -0.15) is 13.9 Å². The number of methoxy groups -OCH3 is 1. The van der Waals surface area contributed by atoms with E-state index < -0.39 is 85.1 Å². The quantitative estimate of drug-likeness (QED) is 0.00454. The van der Waals surface area contributed by atoms with Crippen LogP contribution in [0.3, 0.4) is 0 Å². The number of nitrogens with zero attached hydrogens (tertiary/aromatic N) is 5. The first-order valence-corrected chi connectivity index (χ1v) is 35.7. The number of nitrogen functional groups attached to an aromatic ring is 1. The Morgan fingerprint density at radius 3 is 2.40 bits per heavy atom. The molecule has 0 spiro atoms. The highest BCUT2D eigenvalue weighted by Crippen LogP contribution is 2.66. The van der Waals surface area contributed by atoms with Crippen LogP contribution in [0.25, 0.3) is 0 Å². The maximum absolute atomic E-state index is 13.1. The molecule has 0 radical (unpaired) electrons. The van der Waals surface area contributed by atoms with Crippen molar-refractivity contribution < 1.29 is 88.4 Å². The molecule has 27 nitrogen and oxygen atoms in total. The van der Waals surface area contributed by atoms with Crippen LogP contribution in [-0.2, 0) is 75.9 Å². The molecule has 0 aliphatic carbocycles. The van der Waals surface area contributed by atoms with Crippen LogP contribution in [0.2, 0.25) is 0 Å². The standard InChI is InChI=1S/C59H76N7O20P3S2/c1-11-63-44-25-23-37(2)29-42(44)58(6,7)50(63)20-14-12-15-21-51-59(8,9)43-31-40(91(78,79)80)24-26-45(43)64(51)28-17-13-16-22-52(68)61-27-18-19-38-30-46(66(70)71)41(32-48(38)81-10)54(57(3,4)5)82-35-39-34-65(56(69)62-55(39)60)53-33-47(67)49(84-53)36-83-89(77,90)86-88(75,76)85-87(72,73)74/h12,14-15,20-21,23-26,29-32,34,47,49,53-54,67H,11,13,16-17,22,27-28,33,35-36H2,1-10H3,(H7-,60,61,62,68,69,72,73,74,75,76,77,78,79,80,90)/t47?,49-,53-,54-,89?/m1/s1. The van der Waals surface area contributed by atoms with Crippen molar-refractivity contribution in [1.29, 1.82) is 0 Å². The summed E-state index contributed by atoms with van der Waals surface area (Å²) < 4.78 is 93.1. The van der Waals surface area contributed by atoms with Gasteiger partial charge in [-0.1, -0.05) is 82.4 Å². The fourth-order valence-corrected chi connectivity index (χ4v) is 15.7. The van der Waals surface area contributed by atoms with Crippen molar-refractivity contribution in [1.82, 2.24) is 14.9 Å². The molecule has 32 heteroatoms. The first-order valence-electron chi connectivity index (χ1n) is 28.7. The zero-order valence-corrected chi connectivity index (χ0v) is 56.1. The van der Waals surface area contributed by atoms with Gasteiger partial charge in [-0.3, -0.25) is 19.5 Å². The molecular formula is C59H76N7O20P3S2. The highest BCUT2D eigenvalue weighted by atomic mass is 32.5. The SMILES string of the molecule is CCN1C(=CC=CC=CC2=[N+](CCCCCC(=O)NCC#Cc3cc([N+](=O)[O-])c([C@@H](OCc4cn([C@H]5CC(O)[C@@H](COP(O)(=S)OP(=O)(O)OP(=O)(O)O)O5)c(=O)nc4N)C(C)(C)C)cc3OC)c3ccc(S(=O)(=O)[O-])cc3C2(C)C)C(C)(C)c2cc(C)ccc21. The average molecular weight is 1360 g/mol. The third-order valence-electron chi connectivity index (χ3n) is 15.5. The van der Waals surface area contributed by atoms with Crippen molar-refractivity contribution >= 4 is 78.8 Å². The number of anilines is 2. The van der Waals surface area contributed by atoms with E-state index in [0.717, 1.165) is 22.5 Å². The number of phosphoric acid groups is 2. The lowest BCUT2D eigenvalue weighted by Crippen LogP contribution is -2.30. The Hall–Kier alpha value is -6.12. The Kier molecular flexibility index (Phi) is 22.7. The van der Waals surface area contributed by atoms with Gasteiger partial charge in [0.05, 0.1) is 65.4 Å². The third kappa shape index (κ3) is 17.8. The summed E-state index contributed by atoms with van der Waals surface area (Å²) in [5, 5.41) is 26.3. The fraction of sp³-hybridized carbons (Fsp3) is 0.458. The van der Waals surface area contributed by atoms with E-state index in [4.69, 9.17) is 34.3 Å². The lowest BCUT2D eigenvalue weighted by molar-refractivity contribution is -0.438. The molecule has 1 saturated heterocycles. The van der Waals surface area contributed by atoms with Gasteiger partial charge in [0.2, 0.25) is 11.6 Å². The number of aryl methyl sites for hydroxylation is 1. The number of hydrogen-bond acceptors (Lipinski definition) is 20. The number of benzene rings is 3. The Morgan fingerprint density at radius 1 is 1.03 bits per heavy atom. The predicted molar refractivity (Wildman–Crippen MR) is 340 cm³/mol. The molecule has 4 heterocycles. The summed E-state index contributed by atoms with van der Waals surface area (Å²) in [5.74, 6) is 5.34. The van der Waals surface area contributed by atoms with E-state index in [0.29, 0.717) is 31.4 Å². The zero-order chi connectivity index (χ0) is 67.4. The second-order valence-corrected chi connectivity index (χ2v) is 31.1. The van der Waals surface area contributed by atoms with Crippen LogP contribution in [0.5, 0.6) is 5.75 Å². The molecule has 3 aliphatic rings. The number of nitro groups is 1. The summed E-state index contributed by atoms with van der Waals surface area (Å²) in [5.41, 5.74) is 10.8. The van der Waals surface area contributed by atoms with Gasteiger partial charge >= 0.3 is 28.1 Å². The van der Waals surface area contributed by atoms with Crippen LogP contribution < -0.4 is 26.4 Å². The summed E-state index contributed by atoms with van der Waals surface area (Å²) in [6.07, 6.45) is 8.04. The third-order valence-corrected chi connectivity index (χ3v) is 21.1. The second-order valence-electron chi connectivity index (χ2n) is 24.0. The van der Waals surface area contributed by atoms with Gasteiger partial charge in [-0.15, -0.1) is 0 Å². The number of nitrogens with two attached hydrogens (primary N) is 1. The van der Waals surface area contributed by atoms with Gasteiger partial charge in [0, 0.05) is 78.1 Å². The van der Waals surface area contributed by atoms with Gasteiger partial charge in [0.1, 0.15) is 40.6 Å². The number of aromatic nitrogens is 2. The van der Waals surface area contributed by atoms with Crippen LogP contribution in [0.15, 0.2) is 100 Å². The Labute approximate surface area is 532 Å². The smallest absolute Gasteiger partial charge is 0.488 e. The number of allylic oxidation sites excluding steroid dienone is 6. The number of hydrogen-bond donors (Lipinski definition) is 7. The van der Waals surface area contributed by atoms with Crippen LogP contribution in [0, 0.1) is 34.3 Å². The van der Waals surface area contributed by atoms with Crippen molar-refractivity contribution in [2.24, 2.45) is 5.41 Å². The summed E-state index contributed by atoms with van der Waals surface area (Å²) in [6, 6.07) is 13.7. The lowest BCUT2D eigenvalue weighted by atomic mass is 9.81. The number of nitro benzene ring substituents is 1. The number of aliphatic hydroxyl groups excluding tert-OH is 1. The number of aliphatic hydroxyl groups is 1. The molecule has 1 fully saturated rings. The summed E-state index contributed by atoms with van der Waals surface area (Å²) in [7, 11) is -14.6. The number of carbonyl (C=O) groups excluding carboxylic acids is 1. The number of carbonyl (C=O) groups is 1. The number of fused-ring (bicyclic) bond motifs is 2. The molecule has 7 rings (SSSR count). The van der Waals surface area contributed by atoms with Gasteiger partial charge < -0.3 is 63.9 Å². The molecule has 1 aromatic heterocycles. The van der Waals surface area contributed by atoms with Crippen molar-refractivity contribution in [2.75, 3.05) is 44.0 Å². The molecule has 494 valence electrons. The molecule has 91 heavy (non-hydrogen) atoms. The van der Waals surface area contributed by atoms with Gasteiger partial charge in [0.25, 0.3) is 5.69 Å². The number of amides is 1. The van der Waals surface area contributed by atoms with E-state index in [1.54, 1.807) is 26.8 Å². The molecule has 4 aromatic rings. The fourth-order valence-electron chi connectivity index (χ4n) is 11.2. The first kappa shape index (κ1) is 72.3. The topological polar surface area (TPSA) is 387 Å². The van der Waals surface area contributed by atoms with E-state index in [-0.39, 0.29) is 76.2 Å². The zero-order valence-electron chi connectivity index (χ0n) is 51.8. The molecule has 1 amide bonds. The normalized spacial score (nSPS) is 20.1. The Bertz CT molecular complexity index is 4000. The minimum absolute atomic E-state index is 0.0936. The minimum Gasteiger partial charge on any atom is -0.744 e. The van der Waals surface area contributed by atoms with Crippen LogP contribution in [0.4, 0.5) is 22.9 Å². The van der Waals surface area contributed by atoms with E-state index in [2.05, 4.69) is 104 Å². The highest BCUT2D eigenvalue weighted by molar-refractivity contribution is 8.08. The Balaban J connectivity index is 0.973. The van der Waals surface area contributed by atoms with Crippen molar-refractivity contribution in [3.8, 4) is 17.6 Å². The van der Waals surface area contributed by atoms with E-state index in [1.165, 1.54) is 60.1 Å². The minimum atomic E-state index is -5.63. The molecule has 3 aliphatic heterocycles. The molecule has 8 N–H and O–H groups in total. The molecule has 6 atom stereocenters. The summed E-state index contributed by atoms with van der Waals surface area (Å²) >= 11 is 4.63. The number of rotatable bonds is 26. The van der Waals surface area contributed by atoms with Crippen molar-refractivity contribution in [3.05, 3.63) is 145 Å². The van der Waals surface area contributed by atoms with Crippen LogP contribution >= 0.6 is 22.4 Å². The van der Waals surface area contributed by atoms with E-state index in [9.17, 15) is 56.7 Å². The average Bonchev–Trinajstić information content (AvgIpc) is 1.62. The molecule has 3 aromatic carbocycles. The molecule has 3 unspecified atom stereocenters. The summed E-state index contributed by atoms with van der Waals surface area (Å²) in [6.45, 7) is 13.3. The first-order chi connectivity index (χ1) is 42.3. The summed E-state index contributed by atoms with van der Waals surface area (Å²) in [4.78, 5) is 81.7. The molecule has 0 bridgehead atoms. The van der Waals surface area contributed by atoms with Gasteiger partial charge in [-0.25, -0.2) is 26.7 Å². The number of ether oxygens (including phenoxy) is 3. The molecular weight excluding hydrogens is 1280 g/mol. The van der Waals surface area contributed by atoms with E-state index >= 15 is 0 Å². The monoisotopic (exact) mass is 1360 g/mol. The lowest BCUT2D eigenvalue weighted by Gasteiger charge is -2.31. The van der Waals surface area contributed by atoms with Crippen LogP contribution in [-0.4, -0.2) is 114 Å². The van der Waals surface area contributed by atoms with Gasteiger partial charge in [0.15, 0.2) is 5.71 Å². The molecule has 0 saturated carbocycles. The van der Waals surface area contributed by atoms with E-state index in [1.807, 2.05) is 38.2 Å². The maximum atomic E-state index is 13.1. The van der Waals surface area contributed by atoms with Crippen LogP contribution in [0.1, 0.15) is 133 Å². The van der Waals surface area contributed by atoms with Gasteiger partial charge in [-0.05, 0) is 93.7 Å². The Morgan fingerprint density at radius 2 is 1.75 bits per heavy atom. The van der Waals surface area contributed by atoms with Crippen molar-refractivity contribution in [2.45, 2.75) is 141 Å².